The van der Waals surface area contributed by atoms with Gasteiger partial charge in [0, 0.05) is 0 Å². The fourth-order valence-electron chi connectivity index (χ4n) is 2.50. The minimum Gasteiger partial charge on any atom is -0.462 e. The minimum absolute atomic E-state index is 0.125. The molecule has 0 radical (unpaired) electrons. The highest BCUT2D eigenvalue weighted by Gasteiger charge is 2.11. The summed E-state index contributed by atoms with van der Waals surface area (Å²) in [4.78, 5) is 23.7. The molecule has 0 fully saturated rings. The van der Waals surface area contributed by atoms with Gasteiger partial charge in [-0.15, -0.1) is 0 Å². The summed E-state index contributed by atoms with van der Waals surface area (Å²) in [6, 6.07) is 6.45. The molecule has 1 aromatic carbocycles. The van der Waals surface area contributed by atoms with E-state index in [2.05, 4.69) is 0 Å². The Morgan fingerprint density at radius 1 is 0.615 bits per heavy atom. The Kier molecular flexibility index (Phi) is 12.1. The van der Waals surface area contributed by atoms with E-state index in [1.807, 2.05) is 0 Å². The van der Waals surface area contributed by atoms with Crippen molar-refractivity contribution in [1.82, 2.24) is 0 Å². The maximum atomic E-state index is 11.9. The first-order valence-corrected chi connectivity index (χ1v) is 9.35. The molecule has 146 valence electrons. The van der Waals surface area contributed by atoms with Crippen LogP contribution in [-0.2, 0) is 9.47 Å². The van der Waals surface area contributed by atoms with Crippen LogP contribution in [0.4, 0.5) is 0 Å². The average molecular weight is 366 g/mol. The van der Waals surface area contributed by atoms with Gasteiger partial charge in [-0.2, -0.15) is 0 Å². The fourth-order valence-corrected chi connectivity index (χ4v) is 2.50. The van der Waals surface area contributed by atoms with Gasteiger partial charge in [-0.1, -0.05) is 38.5 Å². The SMILES string of the molecule is O=C1OCCCCCCCCCCOC(=O)c2ccc1cc2.OCCO. The highest BCUT2D eigenvalue weighted by atomic mass is 16.5. The van der Waals surface area contributed by atoms with E-state index in [1.54, 1.807) is 24.3 Å². The predicted octanol–water partition coefficient (Wildman–Crippen LogP) is 3.11. The molecular formula is C20H30O6. The number of hydrogen-bond acceptors (Lipinski definition) is 6. The summed E-state index contributed by atoms with van der Waals surface area (Å²) in [5.41, 5.74) is 0.940. The van der Waals surface area contributed by atoms with Crippen LogP contribution < -0.4 is 0 Å². The first-order valence-electron chi connectivity index (χ1n) is 9.35. The molecule has 0 aliphatic carbocycles. The summed E-state index contributed by atoms with van der Waals surface area (Å²) in [7, 11) is 0. The summed E-state index contributed by atoms with van der Waals surface area (Å²) >= 11 is 0. The molecule has 0 spiro atoms. The normalized spacial score (nSPS) is 17.2. The zero-order valence-electron chi connectivity index (χ0n) is 15.3. The molecule has 0 unspecified atom stereocenters. The number of aliphatic hydroxyl groups is 2. The van der Waals surface area contributed by atoms with Gasteiger partial charge in [0.05, 0.1) is 37.6 Å². The fraction of sp³-hybridized carbons (Fsp3) is 0.600. The summed E-state index contributed by atoms with van der Waals surface area (Å²) in [6.45, 7) is 0.672. The molecule has 3 rings (SSSR count). The van der Waals surface area contributed by atoms with Gasteiger partial charge in [-0.3, -0.25) is 0 Å². The van der Waals surface area contributed by atoms with Gasteiger partial charge < -0.3 is 19.7 Å². The van der Waals surface area contributed by atoms with Crippen molar-refractivity contribution in [2.45, 2.75) is 51.4 Å². The molecule has 0 aromatic heterocycles. The van der Waals surface area contributed by atoms with Crippen molar-refractivity contribution >= 4 is 11.9 Å². The number of esters is 2. The van der Waals surface area contributed by atoms with Crippen LogP contribution >= 0.6 is 0 Å². The number of hydrogen-bond donors (Lipinski definition) is 2. The van der Waals surface area contributed by atoms with E-state index >= 15 is 0 Å². The van der Waals surface area contributed by atoms with E-state index < -0.39 is 0 Å². The highest BCUT2D eigenvalue weighted by molar-refractivity contribution is 5.93. The van der Waals surface area contributed by atoms with Gasteiger partial charge in [0.1, 0.15) is 0 Å². The highest BCUT2D eigenvalue weighted by Crippen LogP contribution is 2.12. The number of aliphatic hydroxyl groups excluding tert-OH is 2. The molecule has 26 heavy (non-hydrogen) atoms. The Morgan fingerprint density at radius 2 is 0.923 bits per heavy atom. The van der Waals surface area contributed by atoms with Crippen molar-refractivity contribution < 1.29 is 29.3 Å². The van der Waals surface area contributed by atoms with E-state index in [9.17, 15) is 9.59 Å². The lowest BCUT2D eigenvalue weighted by atomic mass is 10.1. The van der Waals surface area contributed by atoms with Crippen LogP contribution in [0.15, 0.2) is 24.3 Å². The molecule has 0 saturated carbocycles. The van der Waals surface area contributed by atoms with Crippen molar-refractivity contribution in [2.75, 3.05) is 26.4 Å². The van der Waals surface area contributed by atoms with Crippen LogP contribution in [0.25, 0.3) is 0 Å². The number of carbonyl (C=O) groups excluding carboxylic acids is 2. The van der Waals surface area contributed by atoms with E-state index in [4.69, 9.17) is 19.7 Å². The van der Waals surface area contributed by atoms with E-state index in [0.717, 1.165) is 25.7 Å². The van der Waals surface area contributed by atoms with Gasteiger partial charge in [0.2, 0.25) is 0 Å². The molecule has 0 atom stereocenters. The lowest BCUT2D eigenvalue weighted by molar-refractivity contribution is 0.0482. The zero-order valence-corrected chi connectivity index (χ0v) is 15.3. The van der Waals surface area contributed by atoms with Gasteiger partial charge in [0.25, 0.3) is 0 Å². The average Bonchev–Trinajstić information content (AvgIpc) is 2.68. The third-order valence-corrected chi connectivity index (χ3v) is 3.96. The molecule has 0 amide bonds. The van der Waals surface area contributed by atoms with Crippen molar-refractivity contribution in [3.63, 3.8) is 0 Å². The summed E-state index contributed by atoms with van der Waals surface area (Å²) in [5, 5.41) is 15.2. The summed E-state index contributed by atoms with van der Waals surface area (Å²) in [6.07, 6.45) is 8.82. The second-order valence-corrected chi connectivity index (χ2v) is 6.12. The number of fused-ring (bicyclic) bond motifs is 15. The Balaban J connectivity index is 0.000000765. The predicted molar refractivity (Wildman–Crippen MR) is 98.1 cm³/mol. The molecule has 1 aromatic rings. The maximum Gasteiger partial charge on any atom is 0.338 e. The summed E-state index contributed by atoms with van der Waals surface area (Å²) < 4.78 is 10.5. The minimum atomic E-state index is -0.332. The molecule has 6 heteroatoms. The first kappa shape index (κ1) is 22.1. The second kappa shape index (κ2) is 14.3. The van der Waals surface area contributed by atoms with Gasteiger partial charge in [-0.25, -0.2) is 9.59 Å². The largest absolute Gasteiger partial charge is 0.462 e. The molecule has 2 heterocycles. The van der Waals surface area contributed by atoms with Crippen LogP contribution in [0, 0.1) is 0 Å². The standard InChI is InChI=1S/C18H24O4.C2H6O2/c19-17-15-9-11-16(12-10-15)18(20)22-14-8-6-4-2-1-3-5-7-13-21-17;3-1-2-4/h9-12H,1-8,13-14H2;3-4H,1-2H2. The Hall–Kier alpha value is -1.92. The zero-order chi connectivity index (χ0) is 19.0. The van der Waals surface area contributed by atoms with Gasteiger partial charge in [-0.05, 0) is 37.1 Å². The van der Waals surface area contributed by atoms with E-state index in [1.165, 1.54) is 25.7 Å². The third-order valence-electron chi connectivity index (χ3n) is 3.96. The topological polar surface area (TPSA) is 93.1 Å². The summed E-state index contributed by atoms with van der Waals surface area (Å²) in [5.74, 6) is -0.665. The quantitative estimate of drug-likeness (QED) is 0.742. The number of ether oxygens (including phenoxy) is 2. The van der Waals surface area contributed by atoms with Crippen LogP contribution in [0.3, 0.4) is 0 Å². The van der Waals surface area contributed by atoms with Crippen molar-refractivity contribution in [3.8, 4) is 0 Å². The molecular weight excluding hydrogens is 336 g/mol. The number of benzene rings is 1. The lowest BCUT2D eigenvalue weighted by Gasteiger charge is -2.08. The molecule has 0 saturated heterocycles. The molecule has 2 aliphatic heterocycles. The van der Waals surface area contributed by atoms with E-state index in [-0.39, 0.29) is 25.2 Å². The van der Waals surface area contributed by atoms with Crippen LogP contribution in [0.2, 0.25) is 0 Å². The molecule has 2 aliphatic rings. The molecule has 6 nitrogen and oxygen atoms in total. The van der Waals surface area contributed by atoms with Crippen molar-refractivity contribution in [3.05, 3.63) is 35.4 Å². The number of carbonyl (C=O) groups is 2. The maximum absolute atomic E-state index is 11.9. The molecule has 2 bridgehead atoms. The van der Waals surface area contributed by atoms with Gasteiger partial charge in [0.15, 0.2) is 0 Å². The van der Waals surface area contributed by atoms with Crippen LogP contribution in [0.1, 0.15) is 72.1 Å². The smallest absolute Gasteiger partial charge is 0.338 e. The first-order chi connectivity index (χ1) is 12.7. The second-order valence-electron chi connectivity index (χ2n) is 6.12. The lowest BCUT2D eigenvalue weighted by Crippen LogP contribution is -2.09. The van der Waals surface area contributed by atoms with Crippen molar-refractivity contribution in [2.24, 2.45) is 0 Å². The third kappa shape index (κ3) is 9.53. The van der Waals surface area contributed by atoms with Crippen LogP contribution in [0.5, 0.6) is 0 Å². The number of rotatable bonds is 1. The molecule has 2 N–H and O–H groups in total. The van der Waals surface area contributed by atoms with Crippen LogP contribution in [-0.4, -0.2) is 48.6 Å². The Bertz CT molecular complexity index is 465. The Labute approximate surface area is 155 Å². The van der Waals surface area contributed by atoms with Crippen molar-refractivity contribution in [1.29, 1.82) is 0 Å². The van der Waals surface area contributed by atoms with E-state index in [0.29, 0.717) is 24.3 Å². The van der Waals surface area contributed by atoms with Gasteiger partial charge >= 0.3 is 11.9 Å². The Morgan fingerprint density at radius 3 is 1.23 bits per heavy atom. The monoisotopic (exact) mass is 366 g/mol.